The maximum absolute atomic E-state index is 12.6. The second-order valence-corrected chi connectivity index (χ2v) is 6.68. The van der Waals surface area contributed by atoms with Crippen LogP contribution in [0.1, 0.15) is 66.2 Å². The first-order valence-corrected chi connectivity index (χ1v) is 8.89. The van der Waals surface area contributed by atoms with Gasteiger partial charge in [-0.1, -0.05) is 62.4 Å². The van der Waals surface area contributed by atoms with Gasteiger partial charge in [-0.2, -0.15) is 0 Å². The van der Waals surface area contributed by atoms with Gasteiger partial charge in [-0.05, 0) is 24.0 Å². The number of furan rings is 1. The molecule has 1 aromatic carbocycles. The molecule has 0 spiro atoms. The van der Waals surface area contributed by atoms with E-state index in [9.17, 15) is 4.79 Å². The lowest BCUT2D eigenvalue weighted by Gasteiger charge is -2.27. The zero-order valence-corrected chi connectivity index (χ0v) is 14.0. The highest BCUT2D eigenvalue weighted by Gasteiger charge is 2.22. The van der Waals surface area contributed by atoms with E-state index in [1.165, 1.54) is 43.9 Å². The monoisotopic (exact) mass is 326 g/mol. The summed E-state index contributed by atoms with van der Waals surface area (Å²) in [7, 11) is 0. The van der Waals surface area contributed by atoms with Crippen LogP contribution in [0, 0.1) is 5.92 Å². The van der Waals surface area contributed by atoms with Gasteiger partial charge >= 0.3 is 0 Å². The van der Waals surface area contributed by atoms with Gasteiger partial charge in [-0.3, -0.25) is 4.79 Å². The molecular weight excluding hydrogens is 300 g/mol. The molecule has 3 N–H and O–H groups in total. The minimum atomic E-state index is -0.0943. The van der Waals surface area contributed by atoms with Gasteiger partial charge in [0.2, 0.25) is 0 Å². The quantitative estimate of drug-likeness (QED) is 0.836. The summed E-state index contributed by atoms with van der Waals surface area (Å²) in [5.41, 5.74) is 7.26. The normalized spacial score (nSPS) is 16.7. The fourth-order valence-corrected chi connectivity index (χ4v) is 3.57. The van der Waals surface area contributed by atoms with Crippen molar-refractivity contribution >= 4 is 5.91 Å². The predicted molar refractivity (Wildman–Crippen MR) is 94.4 cm³/mol. The van der Waals surface area contributed by atoms with Gasteiger partial charge in [0, 0.05) is 0 Å². The Labute approximate surface area is 143 Å². The summed E-state index contributed by atoms with van der Waals surface area (Å²) in [6.07, 6.45) is 8.97. The van der Waals surface area contributed by atoms with E-state index in [2.05, 4.69) is 17.4 Å². The number of hydrogen-bond acceptors (Lipinski definition) is 3. The molecule has 2 aromatic rings. The van der Waals surface area contributed by atoms with Crippen molar-refractivity contribution in [3.8, 4) is 0 Å². The van der Waals surface area contributed by atoms with Crippen LogP contribution >= 0.6 is 0 Å². The minimum Gasteiger partial charge on any atom is -0.467 e. The van der Waals surface area contributed by atoms with Crippen LogP contribution in [0.3, 0.4) is 0 Å². The summed E-state index contributed by atoms with van der Waals surface area (Å²) in [5.74, 6) is 1.22. The number of carbonyl (C=O) groups is 1. The number of amides is 1. The summed E-state index contributed by atoms with van der Waals surface area (Å²) in [6.45, 7) is 0.303. The van der Waals surface area contributed by atoms with Crippen LogP contribution in [-0.4, -0.2) is 5.91 Å². The molecule has 0 bridgehead atoms. The zero-order chi connectivity index (χ0) is 16.8. The average molecular weight is 326 g/mol. The Balaban J connectivity index is 1.72. The topological polar surface area (TPSA) is 68.3 Å². The molecule has 128 valence electrons. The molecule has 0 radical (unpaired) electrons. The maximum Gasteiger partial charge on any atom is 0.255 e. The number of hydrogen-bond donors (Lipinski definition) is 2. The van der Waals surface area contributed by atoms with Crippen LogP contribution in [0.2, 0.25) is 0 Å². The molecule has 0 saturated heterocycles. The highest BCUT2D eigenvalue weighted by atomic mass is 16.3. The zero-order valence-electron chi connectivity index (χ0n) is 14.0. The minimum absolute atomic E-state index is 0.0398. The molecule has 0 aliphatic heterocycles. The van der Waals surface area contributed by atoms with Crippen LogP contribution in [0.15, 0.2) is 47.1 Å². The lowest BCUT2D eigenvalue weighted by molar-refractivity contribution is 0.0927. The number of benzene rings is 1. The Morgan fingerprint density at radius 1 is 1.21 bits per heavy atom. The van der Waals surface area contributed by atoms with Crippen molar-refractivity contribution in [3.63, 3.8) is 0 Å². The molecule has 1 heterocycles. The van der Waals surface area contributed by atoms with Gasteiger partial charge in [0.05, 0.1) is 18.2 Å². The third-order valence-corrected chi connectivity index (χ3v) is 4.92. The standard InChI is InChI=1S/C20H26N2O2/c21-13-18-12-17(14-24-18)20(23)22-19(16-9-5-2-6-10-16)11-15-7-3-1-4-8-15/h2,5-6,9-10,12,14-15,19H,1,3-4,7-8,11,13,21H2,(H,22,23). The molecule has 1 unspecified atom stereocenters. The van der Waals surface area contributed by atoms with Gasteiger partial charge in [0.25, 0.3) is 5.91 Å². The van der Waals surface area contributed by atoms with Crippen molar-refractivity contribution < 1.29 is 9.21 Å². The first-order chi connectivity index (χ1) is 11.8. The first kappa shape index (κ1) is 16.8. The van der Waals surface area contributed by atoms with Crippen molar-refractivity contribution in [1.82, 2.24) is 5.32 Å². The molecule has 1 amide bonds. The van der Waals surface area contributed by atoms with Crippen molar-refractivity contribution in [3.05, 3.63) is 59.5 Å². The molecule has 4 heteroatoms. The van der Waals surface area contributed by atoms with Gasteiger partial charge in [-0.25, -0.2) is 0 Å². The van der Waals surface area contributed by atoms with E-state index in [-0.39, 0.29) is 11.9 Å². The van der Waals surface area contributed by atoms with Crippen LogP contribution in [0.5, 0.6) is 0 Å². The molecule has 1 saturated carbocycles. The Morgan fingerprint density at radius 3 is 2.62 bits per heavy atom. The van der Waals surface area contributed by atoms with Crippen molar-refractivity contribution in [2.45, 2.75) is 51.1 Å². The molecular formula is C20H26N2O2. The third kappa shape index (κ3) is 4.26. The molecule has 1 aliphatic carbocycles. The van der Waals surface area contributed by atoms with Crippen LogP contribution < -0.4 is 11.1 Å². The second kappa shape index (κ2) is 8.15. The van der Waals surface area contributed by atoms with Crippen LogP contribution in [0.25, 0.3) is 0 Å². The fourth-order valence-electron chi connectivity index (χ4n) is 3.57. The molecule has 1 fully saturated rings. The lowest BCUT2D eigenvalue weighted by atomic mass is 9.83. The Bertz CT molecular complexity index is 645. The third-order valence-electron chi connectivity index (χ3n) is 4.92. The van der Waals surface area contributed by atoms with E-state index in [0.717, 1.165) is 6.42 Å². The van der Waals surface area contributed by atoms with E-state index >= 15 is 0 Å². The van der Waals surface area contributed by atoms with Crippen molar-refractivity contribution in [2.75, 3.05) is 0 Å². The number of nitrogens with two attached hydrogens (primary N) is 1. The predicted octanol–water partition coefficient (Wildman–Crippen LogP) is 4.18. The summed E-state index contributed by atoms with van der Waals surface area (Å²) in [5, 5.41) is 3.19. The van der Waals surface area contributed by atoms with Gasteiger partial charge < -0.3 is 15.5 Å². The fraction of sp³-hybridized carbons (Fsp3) is 0.450. The van der Waals surface area contributed by atoms with Gasteiger partial charge in [0.1, 0.15) is 12.0 Å². The average Bonchev–Trinajstić information content (AvgIpc) is 3.12. The highest BCUT2D eigenvalue weighted by Crippen LogP contribution is 2.32. The molecule has 4 nitrogen and oxygen atoms in total. The number of nitrogens with one attached hydrogen (secondary N) is 1. The van der Waals surface area contributed by atoms with Gasteiger partial charge in [-0.15, -0.1) is 0 Å². The second-order valence-electron chi connectivity index (χ2n) is 6.68. The van der Waals surface area contributed by atoms with Crippen molar-refractivity contribution in [2.24, 2.45) is 11.7 Å². The van der Waals surface area contributed by atoms with E-state index in [1.807, 2.05) is 18.2 Å². The van der Waals surface area contributed by atoms with E-state index in [0.29, 0.717) is 23.8 Å². The summed E-state index contributed by atoms with van der Waals surface area (Å²) in [4.78, 5) is 12.6. The lowest BCUT2D eigenvalue weighted by Crippen LogP contribution is -2.30. The Kier molecular flexibility index (Phi) is 5.70. The summed E-state index contributed by atoms with van der Waals surface area (Å²) < 4.78 is 5.29. The van der Waals surface area contributed by atoms with Gasteiger partial charge in [0.15, 0.2) is 0 Å². The molecule has 1 aromatic heterocycles. The van der Waals surface area contributed by atoms with Crippen molar-refractivity contribution in [1.29, 1.82) is 0 Å². The first-order valence-electron chi connectivity index (χ1n) is 8.89. The van der Waals surface area contributed by atoms with E-state index < -0.39 is 0 Å². The molecule has 1 atom stereocenters. The highest BCUT2D eigenvalue weighted by molar-refractivity contribution is 5.94. The summed E-state index contributed by atoms with van der Waals surface area (Å²) in [6, 6.07) is 12.0. The smallest absolute Gasteiger partial charge is 0.255 e. The SMILES string of the molecule is NCc1cc(C(=O)NC(CC2CCCCC2)c2ccccc2)co1. The van der Waals surface area contributed by atoms with Crippen LogP contribution in [-0.2, 0) is 6.54 Å². The molecule has 3 rings (SSSR count). The van der Waals surface area contributed by atoms with E-state index in [4.69, 9.17) is 10.2 Å². The Morgan fingerprint density at radius 2 is 1.96 bits per heavy atom. The summed E-state index contributed by atoms with van der Waals surface area (Å²) >= 11 is 0. The van der Waals surface area contributed by atoms with Crippen LogP contribution in [0.4, 0.5) is 0 Å². The molecule has 24 heavy (non-hydrogen) atoms. The maximum atomic E-state index is 12.6. The number of carbonyl (C=O) groups excluding carboxylic acids is 1. The number of rotatable bonds is 6. The Hall–Kier alpha value is -2.07. The largest absolute Gasteiger partial charge is 0.467 e. The van der Waals surface area contributed by atoms with E-state index in [1.54, 1.807) is 6.07 Å². The molecule has 1 aliphatic rings.